The number of ether oxygens (including phenoxy) is 2. The predicted molar refractivity (Wildman–Crippen MR) is 146 cm³/mol. The van der Waals surface area contributed by atoms with Crippen LogP contribution in [0.2, 0.25) is 0 Å². The van der Waals surface area contributed by atoms with Crippen LogP contribution in [0.25, 0.3) is 0 Å². The third-order valence-corrected chi connectivity index (χ3v) is 5.41. The fourth-order valence-electron chi connectivity index (χ4n) is 3.57. The van der Waals surface area contributed by atoms with Crippen LogP contribution in [0.5, 0.6) is 0 Å². The first-order valence-corrected chi connectivity index (χ1v) is 12.6. The molecule has 0 saturated heterocycles. The second-order valence-corrected chi connectivity index (χ2v) is 9.77. The van der Waals surface area contributed by atoms with E-state index in [9.17, 15) is 14.0 Å². The number of rotatable bonds is 15. The smallest absolute Gasteiger partial charge is 0.408 e. The number of hydrogen-bond acceptors (Lipinski definition) is 5. The molecule has 7 nitrogen and oxygen atoms in total. The van der Waals surface area contributed by atoms with Crippen molar-refractivity contribution in [3.05, 3.63) is 72.8 Å². The minimum Gasteiger partial charge on any atom is -0.490 e. The van der Waals surface area contributed by atoms with Gasteiger partial charge in [-0.1, -0.05) is 56.9 Å². The second-order valence-electron chi connectivity index (χ2n) is 9.77. The number of halogens is 1. The molecule has 1 rings (SSSR count). The van der Waals surface area contributed by atoms with Crippen molar-refractivity contribution in [1.29, 1.82) is 5.41 Å². The standard InChI is InChI=1S/C29H42FN3O4/c1-8-10-11-12-15-21(3)33(27(34)25(14-9-2)32-28(35)37-29(5,6)7)18-19-36-22(4)26(31)23-16-13-17-24(30)20-23/h8,10-11,13,16-17,20-21,25,31H,1,4,9,12,14-15,18-19H2,2-3,5-7H3,(H,32,35)/b11-10-,31-26?/t21?,25-/m0/s1. The molecule has 8 heteroatoms. The molecule has 0 aliphatic heterocycles. The number of carbonyl (C=O) groups is 2. The third kappa shape index (κ3) is 11.9. The quantitative estimate of drug-likeness (QED) is 0.166. The Labute approximate surface area is 220 Å². The molecular formula is C29H42FN3O4. The number of alkyl carbamates (subject to hydrolysis) is 1. The number of carbonyl (C=O) groups excluding carboxylic acids is 2. The Bertz CT molecular complexity index is 968. The molecule has 0 radical (unpaired) electrons. The Morgan fingerprint density at radius 3 is 2.57 bits per heavy atom. The molecule has 1 unspecified atom stereocenters. The van der Waals surface area contributed by atoms with Gasteiger partial charge in [0.1, 0.15) is 35.5 Å². The normalized spacial score (nSPS) is 12.9. The number of nitrogens with zero attached hydrogens (tertiary/aromatic N) is 1. The number of hydrogen-bond donors (Lipinski definition) is 2. The SMILES string of the molecule is C=C/C=C\CCC(C)N(CCOC(=C)C(=N)c1cccc(F)c1)C(=O)[C@H](CCC)NC(=O)OC(C)(C)C. The van der Waals surface area contributed by atoms with Gasteiger partial charge < -0.3 is 19.7 Å². The first kappa shape index (κ1) is 31.6. The molecule has 204 valence electrons. The molecule has 0 saturated carbocycles. The summed E-state index contributed by atoms with van der Waals surface area (Å²) in [5.41, 5.74) is -0.366. The van der Waals surface area contributed by atoms with Gasteiger partial charge in [-0.25, -0.2) is 9.18 Å². The maximum absolute atomic E-state index is 13.6. The van der Waals surface area contributed by atoms with E-state index >= 15 is 0 Å². The van der Waals surface area contributed by atoms with Crippen molar-refractivity contribution in [2.24, 2.45) is 0 Å². The summed E-state index contributed by atoms with van der Waals surface area (Å²) < 4.78 is 24.6. The van der Waals surface area contributed by atoms with Gasteiger partial charge in [0, 0.05) is 11.6 Å². The molecule has 0 bridgehead atoms. The number of allylic oxidation sites excluding steroid dienone is 4. The Kier molecular flexibility index (Phi) is 13.4. The van der Waals surface area contributed by atoms with E-state index < -0.39 is 23.6 Å². The van der Waals surface area contributed by atoms with E-state index in [1.54, 1.807) is 37.8 Å². The lowest BCUT2D eigenvalue weighted by Gasteiger charge is -2.33. The fourth-order valence-corrected chi connectivity index (χ4v) is 3.57. The van der Waals surface area contributed by atoms with Gasteiger partial charge in [0.05, 0.1) is 6.54 Å². The topological polar surface area (TPSA) is 91.7 Å². The van der Waals surface area contributed by atoms with E-state index in [-0.39, 0.29) is 36.6 Å². The van der Waals surface area contributed by atoms with E-state index in [4.69, 9.17) is 14.9 Å². The average Bonchev–Trinajstić information content (AvgIpc) is 2.82. The maximum atomic E-state index is 13.6. The maximum Gasteiger partial charge on any atom is 0.408 e. The summed E-state index contributed by atoms with van der Waals surface area (Å²) >= 11 is 0. The lowest BCUT2D eigenvalue weighted by atomic mass is 10.1. The van der Waals surface area contributed by atoms with Crippen LogP contribution < -0.4 is 5.32 Å². The zero-order valence-corrected chi connectivity index (χ0v) is 22.8. The highest BCUT2D eigenvalue weighted by molar-refractivity contribution is 6.08. The van der Waals surface area contributed by atoms with Gasteiger partial charge in [-0.2, -0.15) is 0 Å². The lowest BCUT2D eigenvalue weighted by molar-refractivity contribution is -0.136. The summed E-state index contributed by atoms with van der Waals surface area (Å²) in [4.78, 5) is 27.7. The molecule has 2 amide bonds. The summed E-state index contributed by atoms with van der Waals surface area (Å²) in [5.74, 6) is -0.607. The molecule has 0 heterocycles. The van der Waals surface area contributed by atoms with E-state index in [0.29, 0.717) is 24.8 Å². The molecule has 1 aromatic rings. The number of benzene rings is 1. The van der Waals surface area contributed by atoms with Gasteiger partial charge in [-0.3, -0.25) is 10.2 Å². The summed E-state index contributed by atoms with van der Waals surface area (Å²) in [6.07, 6.45) is 7.47. The van der Waals surface area contributed by atoms with Crippen LogP contribution in [0.4, 0.5) is 9.18 Å². The molecule has 0 aromatic heterocycles. The van der Waals surface area contributed by atoms with Crippen molar-refractivity contribution in [3.63, 3.8) is 0 Å². The van der Waals surface area contributed by atoms with Gasteiger partial charge in [0.25, 0.3) is 0 Å². The van der Waals surface area contributed by atoms with Crippen LogP contribution in [0.3, 0.4) is 0 Å². The first-order valence-electron chi connectivity index (χ1n) is 12.6. The highest BCUT2D eigenvalue weighted by Gasteiger charge is 2.30. The van der Waals surface area contributed by atoms with Gasteiger partial charge >= 0.3 is 6.09 Å². The van der Waals surface area contributed by atoms with Gasteiger partial charge in [0.2, 0.25) is 5.91 Å². The van der Waals surface area contributed by atoms with Crippen molar-refractivity contribution in [2.75, 3.05) is 13.2 Å². The van der Waals surface area contributed by atoms with Gasteiger partial charge in [-0.05, 0) is 59.1 Å². The largest absolute Gasteiger partial charge is 0.490 e. The Morgan fingerprint density at radius 1 is 1.27 bits per heavy atom. The van der Waals surface area contributed by atoms with Gasteiger partial charge in [-0.15, -0.1) is 0 Å². The third-order valence-electron chi connectivity index (χ3n) is 5.41. The Hall–Kier alpha value is -3.42. The monoisotopic (exact) mass is 515 g/mol. The van der Waals surface area contributed by atoms with E-state index in [1.165, 1.54) is 18.2 Å². The molecule has 0 fully saturated rings. The summed E-state index contributed by atoms with van der Waals surface area (Å²) in [7, 11) is 0. The van der Waals surface area contributed by atoms with E-state index in [0.717, 1.165) is 6.42 Å². The fraction of sp³-hybridized carbons (Fsp3) is 0.483. The molecule has 0 aliphatic rings. The molecule has 37 heavy (non-hydrogen) atoms. The lowest BCUT2D eigenvalue weighted by Crippen LogP contribution is -2.52. The van der Waals surface area contributed by atoms with Crippen molar-refractivity contribution >= 4 is 17.7 Å². The second kappa shape index (κ2) is 15.6. The van der Waals surface area contributed by atoms with Crippen LogP contribution in [0.1, 0.15) is 65.9 Å². The summed E-state index contributed by atoms with van der Waals surface area (Å²) in [6, 6.07) is 4.76. The minimum atomic E-state index is -0.750. The highest BCUT2D eigenvalue weighted by atomic mass is 19.1. The van der Waals surface area contributed by atoms with Gasteiger partial charge in [0.15, 0.2) is 0 Å². The first-order chi connectivity index (χ1) is 17.4. The molecule has 0 aliphatic carbocycles. The molecular weight excluding hydrogens is 473 g/mol. The minimum absolute atomic E-state index is 0.0320. The summed E-state index contributed by atoms with van der Waals surface area (Å²) in [5, 5.41) is 11.0. The average molecular weight is 516 g/mol. The van der Waals surface area contributed by atoms with Crippen molar-refractivity contribution in [2.45, 2.75) is 78.0 Å². The summed E-state index contributed by atoms with van der Waals surface area (Å²) in [6.45, 7) is 16.9. The van der Waals surface area contributed by atoms with E-state index in [1.807, 2.05) is 26.0 Å². The zero-order valence-electron chi connectivity index (χ0n) is 22.8. The van der Waals surface area contributed by atoms with Crippen LogP contribution in [-0.4, -0.2) is 53.4 Å². The molecule has 1 aromatic carbocycles. The van der Waals surface area contributed by atoms with Crippen LogP contribution in [0, 0.1) is 11.2 Å². The number of nitrogens with one attached hydrogen (secondary N) is 2. The van der Waals surface area contributed by atoms with Crippen LogP contribution in [-0.2, 0) is 14.3 Å². The van der Waals surface area contributed by atoms with E-state index in [2.05, 4.69) is 18.5 Å². The molecule has 2 atom stereocenters. The van der Waals surface area contributed by atoms with Crippen LogP contribution >= 0.6 is 0 Å². The van der Waals surface area contributed by atoms with Crippen molar-refractivity contribution < 1.29 is 23.5 Å². The van der Waals surface area contributed by atoms with Crippen LogP contribution in [0.15, 0.2) is 61.4 Å². The molecule has 2 N–H and O–H groups in total. The predicted octanol–water partition coefficient (Wildman–Crippen LogP) is 6.16. The highest BCUT2D eigenvalue weighted by Crippen LogP contribution is 2.15. The van der Waals surface area contributed by atoms with Crippen molar-refractivity contribution in [1.82, 2.24) is 10.2 Å². The Morgan fingerprint density at radius 2 is 1.97 bits per heavy atom. The zero-order chi connectivity index (χ0) is 28.0. The van der Waals surface area contributed by atoms with Crippen molar-refractivity contribution in [3.8, 4) is 0 Å². The number of amides is 2. The molecule has 0 spiro atoms. The Balaban J connectivity index is 2.96.